The Hall–Kier alpha value is -2.57. The molecule has 1 aromatic heterocycles. The van der Waals surface area contributed by atoms with E-state index in [0.717, 1.165) is 18.2 Å². The molecule has 0 saturated carbocycles. The van der Waals surface area contributed by atoms with Crippen LogP contribution in [0.4, 0.5) is 14.6 Å². The summed E-state index contributed by atoms with van der Waals surface area (Å²) in [6.45, 7) is 2.48. The monoisotopic (exact) mass is 292 g/mol. The summed E-state index contributed by atoms with van der Waals surface area (Å²) in [7, 11) is 0. The molecule has 0 aliphatic carbocycles. The predicted molar refractivity (Wildman–Crippen MR) is 73.7 cm³/mol. The number of halogens is 2. The van der Waals surface area contributed by atoms with Gasteiger partial charge in [0.25, 0.3) is 5.91 Å². The number of carbonyl (C=O) groups excluding carboxylic acids is 1. The highest BCUT2D eigenvalue weighted by molar-refractivity contribution is 5.91. The van der Waals surface area contributed by atoms with Crippen LogP contribution in [-0.2, 0) is 6.54 Å². The Morgan fingerprint density at radius 1 is 1.24 bits per heavy atom. The molecule has 2 aromatic rings. The minimum Gasteiger partial charge on any atom is -0.369 e. The van der Waals surface area contributed by atoms with Crippen molar-refractivity contribution in [2.75, 3.05) is 11.9 Å². The van der Waals surface area contributed by atoms with E-state index in [1.54, 1.807) is 0 Å². The van der Waals surface area contributed by atoms with Gasteiger partial charge in [-0.05, 0) is 25.1 Å². The fraction of sp³-hybridized carbons (Fsp3) is 0.214. The number of rotatable bonds is 5. The van der Waals surface area contributed by atoms with Crippen molar-refractivity contribution in [2.45, 2.75) is 13.5 Å². The van der Waals surface area contributed by atoms with Crippen LogP contribution in [0.1, 0.15) is 23.0 Å². The Labute approximate surface area is 120 Å². The van der Waals surface area contributed by atoms with Gasteiger partial charge >= 0.3 is 0 Å². The minimum absolute atomic E-state index is 0.0700. The van der Waals surface area contributed by atoms with Crippen LogP contribution in [0.3, 0.4) is 0 Å². The van der Waals surface area contributed by atoms with Gasteiger partial charge in [-0.25, -0.2) is 18.7 Å². The maximum Gasteiger partial charge on any atom is 0.271 e. The molecule has 0 atom stereocenters. The van der Waals surface area contributed by atoms with Crippen molar-refractivity contribution in [1.29, 1.82) is 0 Å². The second kappa shape index (κ2) is 6.74. The van der Waals surface area contributed by atoms with Crippen molar-refractivity contribution in [3.63, 3.8) is 0 Å². The van der Waals surface area contributed by atoms with Crippen molar-refractivity contribution >= 4 is 11.7 Å². The molecule has 110 valence electrons. The highest BCUT2D eigenvalue weighted by atomic mass is 19.1. The number of carbonyl (C=O) groups is 1. The summed E-state index contributed by atoms with van der Waals surface area (Å²) in [6.07, 6.45) is 2.75. The first-order chi connectivity index (χ1) is 10.1. The maximum absolute atomic E-state index is 13.4. The van der Waals surface area contributed by atoms with Crippen LogP contribution in [0.5, 0.6) is 0 Å². The molecule has 0 fully saturated rings. The Kier molecular flexibility index (Phi) is 4.76. The first-order valence-corrected chi connectivity index (χ1v) is 6.38. The maximum atomic E-state index is 13.4. The number of hydrogen-bond acceptors (Lipinski definition) is 4. The molecule has 0 unspecified atom stereocenters. The zero-order valence-electron chi connectivity index (χ0n) is 11.4. The third-order valence-electron chi connectivity index (χ3n) is 2.69. The molecule has 0 aliphatic heterocycles. The minimum atomic E-state index is -0.578. The van der Waals surface area contributed by atoms with E-state index in [0.29, 0.717) is 12.4 Å². The van der Waals surface area contributed by atoms with E-state index >= 15 is 0 Å². The van der Waals surface area contributed by atoms with Gasteiger partial charge in [-0.1, -0.05) is 0 Å². The summed E-state index contributed by atoms with van der Waals surface area (Å²) in [5.74, 6) is -1.08. The standard InChI is InChI=1S/C14H14F2N4O/c1-2-17-13-8-18-12(7-19-13)14(21)20-6-9-5-10(15)3-4-11(9)16/h3-5,7-8H,2,6H2,1H3,(H,17,19)(H,20,21). The normalized spacial score (nSPS) is 10.2. The molecule has 7 heteroatoms. The molecular formula is C14H14F2N4O. The number of anilines is 1. The van der Waals surface area contributed by atoms with Gasteiger partial charge < -0.3 is 10.6 Å². The van der Waals surface area contributed by atoms with E-state index in [4.69, 9.17) is 0 Å². The molecule has 21 heavy (non-hydrogen) atoms. The fourth-order valence-corrected chi connectivity index (χ4v) is 1.66. The smallest absolute Gasteiger partial charge is 0.271 e. The van der Waals surface area contributed by atoms with Crippen molar-refractivity contribution in [3.05, 3.63) is 53.5 Å². The first-order valence-electron chi connectivity index (χ1n) is 6.38. The van der Waals surface area contributed by atoms with E-state index in [-0.39, 0.29) is 17.8 Å². The van der Waals surface area contributed by atoms with Crippen LogP contribution in [0.15, 0.2) is 30.6 Å². The molecule has 2 N–H and O–H groups in total. The summed E-state index contributed by atoms with van der Waals surface area (Å²) in [4.78, 5) is 19.8. The fourth-order valence-electron chi connectivity index (χ4n) is 1.66. The number of amides is 1. The van der Waals surface area contributed by atoms with Crippen LogP contribution < -0.4 is 10.6 Å². The lowest BCUT2D eigenvalue weighted by Crippen LogP contribution is -2.24. The zero-order chi connectivity index (χ0) is 15.2. The quantitative estimate of drug-likeness (QED) is 0.886. The lowest BCUT2D eigenvalue weighted by molar-refractivity contribution is 0.0945. The summed E-state index contributed by atoms with van der Waals surface area (Å²) < 4.78 is 26.4. The number of aromatic nitrogens is 2. The number of nitrogens with one attached hydrogen (secondary N) is 2. The lowest BCUT2D eigenvalue weighted by Gasteiger charge is -2.07. The van der Waals surface area contributed by atoms with Crippen molar-refractivity contribution in [3.8, 4) is 0 Å². The van der Waals surface area contributed by atoms with Gasteiger partial charge in [-0.15, -0.1) is 0 Å². The van der Waals surface area contributed by atoms with Crippen LogP contribution in [-0.4, -0.2) is 22.4 Å². The Bertz CT molecular complexity index is 631. The molecule has 0 spiro atoms. The summed E-state index contributed by atoms with van der Waals surface area (Å²) >= 11 is 0. The molecule has 1 amide bonds. The lowest BCUT2D eigenvalue weighted by atomic mass is 10.2. The Morgan fingerprint density at radius 3 is 2.71 bits per heavy atom. The van der Waals surface area contributed by atoms with E-state index in [1.807, 2.05) is 6.92 Å². The number of benzene rings is 1. The van der Waals surface area contributed by atoms with Crippen molar-refractivity contribution < 1.29 is 13.6 Å². The largest absolute Gasteiger partial charge is 0.369 e. The van der Waals surface area contributed by atoms with E-state index in [2.05, 4.69) is 20.6 Å². The van der Waals surface area contributed by atoms with Crippen molar-refractivity contribution in [1.82, 2.24) is 15.3 Å². The Morgan fingerprint density at radius 2 is 2.05 bits per heavy atom. The summed E-state index contributed by atoms with van der Waals surface area (Å²) in [5, 5.41) is 5.41. The molecule has 0 aliphatic rings. The molecule has 1 aromatic carbocycles. The topological polar surface area (TPSA) is 66.9 Å². The second-order valence-electron chi connectivity index (χ2n) is 4.24. The van der Waals surface area contributed by atoms with Crippen LogP contribution in [0, 0.1) is 11.6 Å². The van der Waals surface area contributed by atoms with Gasteiger partial charge in [0.1, 0.15) is 23.1 Å². The van der Waals surface area contributed by atoms with Crippen LogP contribution >= 0.6 is 0 Å². The van der Waals surface area contributed by atoms with E-state index < -0.39 is 17.5 Å². The summed E-state index contributed by atoms with van der Waals surface area (Å²) in [6, 6.07) is 3.07. The molecule has 5 nitrogen and oxygen atoms in total. The van der Waals surface area contributed by atoms with Crippen LogP contribution in [0.25, 0.3) is 0 Å². The average molecular weight is 292 g/mol. The average Bonchev–Trinajstić information content (AvgIpc) is 2.49. The molecule has 1 heterocycles. The van der Waals surface area contributed by atoms with Gasteiger partial charge in [0, 0.05) is 18.7 Å². The van der Waals surface area contributed by atoms with Crippen molar-refractivity contribution in [2.24, 2.45) is 0 Å². The van der Waals surface area contributed by atoms with Gasteiger partial charge in [-0.3, -0.25) is 4.79 Å². The first kappa shape index (κ1) is 14.8. The number of hydrogen-bond donors (Lipinski definition) is 2. The SMILES string of the molecule is CCNc1cnc(C(=O)NCc2cc(F)ccc2F)cn1. The molecular weight excluding hydrogens is 278 g/mol. The third-order valence-corrected chi connectivity index (χ3v) is 2.69. The van der Waals surface area contributed by atoms with E-state index in [9.17, 15) is 13.6 Å². The highest BCUT2D eigenvalue weighted by Gasteiger charge is 2.10. The van der Waals surface area contributed by atoms with Gasteiger partial charge in [0.15, 0.2) is 0 Å². The summed E-state index contributed by atoms with van der Waals surface area (Å²) in [5.41, 5.74) is 0.175. The van der Waals surface area contributed by atoms with E-state index in [1.165, 1.54) is 12.4 Å². The number of nitrogens with zero attached hydrogens (tertiary/aromatic N) is 2. The van der Waals surface area contributed by atoms with Crippen LogP contribution in [0.2, 0.25) is 0 Å². The Balaban J connectivity index is 1.99. The van der Waals surface area contributed by atoms with Gasteiger partial charge in [0.05, 0.1) is 12.4 Å². The molecule has 0 saturated heterocycles. The predicted octanol–water partition coefficient (Wildman–Crippen LogP) is 2.12. The molecule has 0 radical (unpaired) electrons. The van der Waals surface area contributed by atoms with Gasteiger partial charge in [0.2, 0.25) is 0 Å². The molecule has 0 bridgehead atoms. The van der Waals surface area contributed by atoms with Gasteiger partial charge in [-0.2, -0.15) is 0 Å². The zero-order valence-corrected chi connectivity index (χ0v) is 11.4. The third kappa shape index (κ3) is 3.95. The highest BCUT2D eigenvalue weighted by Crippen LogP contribution is 2.09. The molecule has 2 rings (SSSR count). The second-order valence-corrected chi connectivity index (χ2v) is 4.24.